The van der Waals surface area contributed by atoms with Gasteiger partial charge in [-0.25, -0.2) is 14.2 Å². The fraction of sp³-hybridized carbons (Fsp3) is 0.368. The van der Waals surface area contributed by atoms with E-state index in [2.05, 4.69) is 25.5 Å². The molecule has 3 N–H and O–H groups in total. The second kappa shape index (κ2) is 7.81. The Morgan fingerprint density at radius 3 is 2.79 bits per heavy atom. The van der Waals surface area contributed by atoms with Crippen LogP contribution in [0.1, 0.15) is 37.4 Å². The summed E-state index contributed by atoms with van der Waals surface area (Å²) >= 11 is 0. The van der Waals surface area contributed by atoms with Gasteiger partial charge in [0.1, 0.15) is 0 Å². The molecule has 1 aliphatic rings. The van der Waals surface area contributed by atoms with Crippen molar-refractivity contribution < 1.29 is 4.74 Å². The van der Waals surface area contributed by atoms with E-state index >= 15 is 0 Å². The van der Waals surface area contributed by atoms with Gasteiger partial charge in [0, 0.05) is 25.5 Å². The lowest BCUT2D eigenvalue weighted by Gasteiger charge is -2.23. The van der Waals surface area contributed by atoms with Crippen molar-refractivity contribution in [2.45, 2.75) is 31.8 Å². The maximum absolute atomic E-state index is 12.5. The summed E-state index contributed by atoms with van der Waals surface area (Å²) in [5, 5.41) is 10.0. The van der Waals surface area contributed by atoms with Gasteiger partial charge in [0.2, 0.25) is 5.95 Å². The highest BCUT2D eigenvalue weighted by Crippen LogP contribution is 2.23. The third-order valence-electron chi connectivity index (χ3n) is 4.97. The van der Waals surface area contributed by atoms with Gasteiger partial charge in [0.05, 0.1) is 11.7 Å². The van der Waals surface area contributed by atoms with Crippen LogP contribution in [-0.4, -0.2) is 37.9 Å². The number of rotatable bonds is 5. The van der Waals surface area contributed by atoms with E-state index in [0.717, 1.165) is 16.8 Å². The van der Waals surface area contributed by atoms with Crippen LogP contribution in [0.4, 0.5) is 5.95 Å². The molecule has 3 heterocycles. The van der Waals surface area contributed by atoms with Crippen LogP contribution in [0.5, 0.6) is 0 Å². The molecule has 0 saturated carbocycles. The van der Waals surface area contributed by atoms with E-state index in [9.17, 15) is 9.59 Å². The molecule has 4 rings (SSSR count). The molecule has 146 valence electrons. The summed E-state index contributed by atoms with van der Waals surface area (Å²) < 4.78 is 6.49. The van der Waals surface area contributed by atoms with E-state index < -0.39 is 11.4 Å². The Morgan fingerprint density at radius 2 is 2.07 bits per heavy atom. The molecule has 28 heavy (non-hydrogen) atoms. The molecule has 9 nitrogen and oxygen atoms in total. The van der Waals surface area contributed by atoms with Gasteiger partial charge in [-0.3, -0.25) is 10.1 Å². The van der Waals surface area contributed by atoms with Crippen LogP contribution in [0.25, 0.3) is 11.3 Å². The number of aromatic nitrogens is 5. The first-order valence-corrected chi connectivity index (χ1v) is 9.28. The largest absolute Gasteiger partial charge is 0.381 e. The summed E-state index contributed by atoms with van der Waals surface area (Å²) in [6.07, 6.45) is 2.97. The van der Waals surface area contributed by atoms with Gasteiger partial charge in [-0.2, -0.15) is 10.1 Å². The molecule has 0 spiro atoms. The molecule has 0 radical (unpaired) electrons. The van der Waals surface area contributed by atoms with Crippen LogP contribution in [0, 0.1) is 0 Å². The van der Waals surface area contributed by atoms with Gasteiger partial charge in [-0.1, -0.05) is 18.2 Å². The molecular weight excluding hydrogens is 360 g/mol. The van der Waals surface area contributed by atoms with E-state index in [1.165, 1.54) is 4.57 Å². The van der Waals surface area contributed by atoms with Crippen molar-refractivity contribution in [1.82, 2.24) is 24.7 Å². The Bertz CT molecular complexity index is 1020. The molecule has 2 aromatic heterocycles. The highest BCUT2D eigenvalue weighted by atomic mass is 16.5. The molecule has 0 unspecified atom stereocenters. The number of nitrogens with zero attached hydrogens (tertiary/aromatic N) is 3. The van der Waals surface area contributed by atoms with Crippen LogP contribution < -0.4 is 16.7 Å². The molecule has 0 amide bonds. The van der Waals surface area contributed by atoms with E-state index in [1.807, 2.05) is 37.3 Å². The highest BCUT2D eigenvalue weighted by molar-refractivity contribution is 5.59. The van der Waals surface area contributed by atoms with Crippen molar-refractivity contribution in [2.24, 2.45) is 0 Å². The fourth-order valence-electron chi connectivity index (χ4n) is 3.44. The average molecular weight is 382 g/mol. The second-order valence-corrected chi connectivity index (χ2v) is 6.85. The van der Waals surface area contributed by atoms with Crippen LogP contribution in [0.3, 0.4) is 0 Å². The van der Waals surface area contributed by atoms with Gasteiger partial charge >= 0.3 is 11.4 Å². The number of hydrogen-bond donors (Lipinski definition) is 3. The molecule has 0 aliphatic carbocycles. The number of ether oxygens (including phenoxy) is 1. The van der Waals surface area contributed by atoms with Crippen molar-refractivity contribution in [3.8, 4) is 11.3 Å². The molecule has 9 heteroatoms. The van der Waals surface area contributed by atoms with E-state index in [0.29, 0.717) is 26.1 Å². The second-order valence-electron chi connectivity index (χ2n) is 6.85. The van der Waals surface area contributed by atoms with Gasteiger partial charge < -0.3 is 10.1 Å². The number of anilines is 1. The third-order valence-corrected chi connectivity index (χ3v) is 4.97. The van der Waals surface area contributed by atoms with Crippen LogP contribution >= 0.6 is 0 Å². The lowest BCUT2D eigenvalue weighted by Crippen LogP contribution is -2.42. The Labute approximate surface area is 160 Å². The molecule has 1 atom stereocenters. The van der Waals surface area contributed by atoms with Gasteiger partial charge in [0.25, 0.3) is 0 Å². The normalized spacial score (nSPS) is 16.0. The SMILES string of the molecule is C[C@H](Nc1nc(=O)n(C2CCOCC2)c(=O)[nH]1)c1cccc(-c2ccn[nH]2)c1. The topological polar surface area (TPSA) is 118 Å². The van der Waals surface area contributed by atoms with E-state index in [-0.39, 0.29) is 18.0 Å². The zero-order chi connectivity index (χ0) is 19.5. The summed E-state index contributed by atoms with van der Waals surface area (Å²) in [4.78, 5) is 31.6. The monoisotopic (exact) mass is 382 g/mol. The van der Waals surface area contributed by atoms with E-state index in [4.69, 9.17) is 4.74 Å². The molecule has 1 saturated heterocycles. The lowest BCUT2D eigenvalue weighted by atomic mass is 10.0. The smallest absolute Gasteiger partial charge is 0.355 e. The predicted molar refractivity (Wildman–Crippen MR) is 104 cm³/mol. The Kier molecular flexibility index (Phi) is 5.07. The number of nitrogens with one attached hydrogen (secondary N) is 3. The minimum Gasteiger partial charge on any atom is -0.381 e. The van der Waals surface area contributed by atoms with Crippen molar-refractivity contribution >= 4 is 5.95 Å². The highest BCUT2D eigenvalue weighted by Gasteiger charge is 2.20. The molecule has 0 bridgehead atoms. The van der Waals surface area contributed by atoms with Crippen LogP contribution in [-0.2, 0) is 4.74 Å². The number of hydrogen-bond acceptors (Lipinski definition) is 6. The Morgan fingerprint density at radius 1 is 1.25 bits per heavy atom. The number of H-pyrrole nitrogens is 2. The third kappa shape index (κ3) is 3.74. The quantitative estimate of drug-likeness (QED) is 0.620. The van der Waals surface area contributed by atoms with Crippen molar-refractivity contribution in [2.75, 3.05) is 18.5 Å². The molecule has 3 aromatic rings. The number of aromatic amines is 2. The summed E-state index contributed by atoms with van der Waals surface area (Å²) in [7, 11) is 0. The fourth-order valence-corrected chi connectivity index (χ4v) is 3.44. The maximum Gasteiger partial charge on any atom is 0.355 e. The average Bonchev–Trinajstić information content (AvgIpc) is 3.23. The molecular formula is C19H22N6O3. The minimum atomic E-state index is -0.545. The standard InChI is InChI=1S/C19H22N6O3/c1-12(13-3-2-4-14(11-13)16-5-8-20-24-16)21-17-22-18(26)25(19(27)23-17)15-6-9-28-10-7-15/h2-5,8,11-12,15H,6-7,9-10H2,1H3,(H,20,24)(H2,21,22,23,26,27)/t12-/m0/s1. The van der Waals surface area contributed by atoms with Gasteiger partial charge in [0.15, 0.2) is 0 Å². The van der Waals surface area contributed by atoms with Crippen molar-refractivity contribution in [3.05, 3.63) is 63.1 Å². The number of benzene rings is 1. The molecule has 1 aliphatic heterocycles. The first-order valence-electron chi connectivity index (χ1n) is 9.28. The summed E-state index contributed by atoms with van der Waals surface area (Å²) in [5.41, 5.74) is 1.91. The Hall–Kier alpha value is -3.20. The first kappa shape index (κ1) is 18.2. The molecule has 1 fully saturated rings. The van der Waals surface area contributed by atoms with Gasteiger partial charge in [-0.05, 0) is 43.0 Å². The van der Waals surface area contributed by atoms with Crippen molar-refractivity contribution in [3.63, 3.8) is 0 Å². The van der Waals surface area contributed by atoms with Crippen molar-refractivity contribution in [1.29, 1.82) is 0 Å². The molecule has 1 aromatic carbocycles. The van der Waals surface area contributed by atoms with Crippen LogP contribution in [0.2, 0.25) is 0 Å². The van der Waals surface area contributed by atoms with E-state index in [1.54, 1.807) is 6.20 Å². The zero-order valence-electron chi connectivity index (χ0n) is 15.5. The minimum absolute atomic E-state index is 0.163. The van der Waals surface area contributed by atoms with Gasteiger partial charge in [-0.15, -0.1) is 0 Å². The zero-order valence-corrected chi connectivity index (χ0v) is 15.5. The summed E-state index contributed by atoms with van der Waals surface area (Å²) in [6, 6.07) is 9.49. The van der Waals surface area contributed by atoms with Crippen LogP contribution in [0.15, 0.2) is 46.1 Å². The lowest BCUT2D eigenvalue weighted by molar-refractivity contribution is 0.0670. The maximum atomic E-state index is 12.5. The first-order chi connectivity index (χ1) is 13.6. The summed E-state index contributed by atoms with van der Waals surface area (Å²) in [6.45, 7) is 3.02. The summed E-state index contributed by atoms with van der Waals surface area (Å²) in [5.74, 6) is 0.165. The predicted octanol–water partition coefficient (Wildman–Crippen LogP) is 1.85. The Balaban J connectivity index is 1.55.